The zero-order valence-electron chi connectivity index (χ0n) is 12.1. The quantitative estimate of drug-likeness (QED) is 0.736. The molecule has 0 bridgehead atoms. The average molecular weight is 269 g/mol. The largest absolute Gasteiger partial charge is 0.376 e. The number of morpholine rings is 1. The van der Waals surface area contributed by atoms with Gasteiger partial charge < -0.3 is 15.8 Å². The summed E-state index contributed by atoms with van der Waals surface area (Å²) in [4.78, 5) is 14.3. The number of nitrogens with one attached hydrogen (secondary N) is 1. The van der Waals surface area contributed by atoms with Crippen LogP contribution in [0.3, 0.4) is 0 Å². The van der Waals surface area contributed by atoms with Crippen molar-refractivity contribution in [1.82, 2.24) is 10.2 Å². The smallest absolute Gasteiger partial charge is 0.221 e. The molecule has 1 saturated heterocycles. The van der Waals surface area contributed by atoms with Crippen molar-refractivity contribution < 1.29 is 9.53 Å². The minimum Gasteiger partial charge on any atom is -0.376 e. The van der Waals surface area contributed by atoms with E-state index >= 15 is 0 Å². The summed E-state index contributed by atoms with van der Waals surface area (Å²) in [5, 5.41) is 3.05. The molecule has 1 saturated carbocycles. The van der Waals surface area contributed by atoms with E-state index in [9.17, 15) is 4.79 Å². The van der Waals surface area contributed by atoms with E-state index in [1.165, 1.54) is 0 Å². The first kappa shape index (κ1) is 14.8. The molecule has 2 aliphatic rings. The summed E-state index contributed by atoms with van der Waals surface area (Å²) in [6.07, 6.45) is 4.03. The lowest BCUT2D eigenvalue weighted by molar-refractivity contribution is -0.124. The number of rotatable bonds is 6. The number of nitrogens with two attached hydrogens (primary N) is 1. The van der Waals surface area contributed by atoms with Crippen molar-refractivity contribution >= 4 is 5.91 Å². The van der Waals surface area contributed by atoms with Gasteiger partial charge in [-0.2, -0.15) is 0 Å². The number of amides is 1. The number of hydrogen-bond acceptors (Lipinski definition) is 4. The van der Waals surface area contributed by atoms with Crippen molar-refractivity contribution in [3.63, 3.8) is 0 Å². The summed E-state index contributed by atoms with van der Waals surface area (Å²) in [5.74, 6) is 0.145. The fourth-order valence-electron chi connectivity index (χ4n) is 2.73. The fourth-order valence-corrected chi connectivity index (χ4v) is 2.73. The fraction of sp³-hybridized carbons (Fsp3) is 0.929. The molecule has 1 heterocycles. The average Bonchev–Trinajstić information content (AvgIpc) is 3.19. The van der Waals surface area contributed by atoms with Crippen LogP contribution < -0.4 is 11.1 Å². The van der Waals surface area contributed by atoms with E-state index in [0.29, 0.717) is 25.0 Å². The molecule has 1 aliphatic heterocycles. The number of nitrogens with zero attached hydrogens (tertiary/aromatic N) is 1. The van der Waals surface area contributed by atoms with Gasteiger partial charge in [0, 0.05) is 37.6 Å². The Morgan fingerprint density at radius 3 is 2.84 bits per heavy atom. The predicted molar refractivity (Wildman–Crippen MR) is 74.8 cm³/mol. The Morgan fingerprint density at radius 2 is 2.26 bits per heavy atom. The highest BCUT2D eigenvalue weighted by Crippen LogP contribution is 2.21. The van der Waals surface area contributed by atoms with Gasteiger partial charge in [0.15, 0.2) is 0 Å². The first-order chi connectivity index (χ1) is 9.13. The molecule has 3 N–H and O–H groups in total. The molecule has 0 spiro atoms. The van der Waals surface area contributed by atoms with Crippen LogP contribution in [0.25, 0.3) is 0 Å². The molecule has 0 aromatic carbocycles. The van der Waals surface area contributed by atoms with E-state index in [4.69, 9.17) is 10.5 Å². The molecule has 5 heteroatoms. The van der Waals surface area contributed by atoms with Crippen LogP contribution >= 0.6 is 0 Å². The van der Waals surface area contributed by atoms with Crippen LogP contribution in [0.1, 0.15) is 39.5 Å². The lowest BCUT2D eigenvalue weighted by Crippen LogP contribution is -2.56. The maximum atomic E-state index is 12.0. The van der Waals surface area contributed by atoms with Gasteiger partial charge in [0.1, 0.15) is 0 Å². The summed E-state index contributed by atoms with van der Waals surface area (Å²) in [6.45, 7) is 6.39. The van der Waals surface area contributed by atoms with Crippen LogP contribution in [-0.4, -0.2) is 54.7 Å². The van der Waals surface area contributed by atoms with Gasteiger partial charge in [-0.05, 0) is 26.2 Å². The van der Waals surface area contributed by atoms with Gasteiger partial charge in [-0.1, -0.05) is 6.92 Å². The minimum atomic E-state index is 0.134. The van der Waals surface area contributed by atoms with Crippen LogP contribution in [0.5, 0.6) is 0 Å². The standard InChI is InChI=1S/C14H27N3O2/c1-3-12-9-19-10(2)8-17(12)13(7-15)6-14(18)16-11-4-5-11/h10-13H,3-9,15H2,1-2H3,(H,16,18). The second kappa shape index (κ2) is 6.68. The number of carbonyl (C=O) groups excluding carboxylic acids is 1. The number of ether oxygens (including phenoxy) is 1. The van der Waals surface area contributed by atoms with Crippen molar-refractivity contribution in [3.8, 4) is 0 Å². The maximum absolute atomic E-state index is 12.0. The molecule has 3 unspecified atom stereocenters. The van der Waals surface area contributed by atoms with Crippen molar-refractivity contribution in [1.29, 1.82) is 0 Å². The maximum Gasteiger partial charge on any atom is 0.221 e. The molecule has 2 fully saturated rings. The Balaban J connectivity index is 1.91. The first-order valence-corrected chi connectivity index (χ1v) is 7.50. The molecule has 0 aromatic heterocycles. The van der Waals surface area contributed by atoms with Gasteiger partial charge in [0.25, 0.3) is 0 Å². The Bertz CT molecular complexity index is 307. The van der Waals surface area contributed by atoms with E-state index in [1.807, 2.05) is 0 Å². The molecular weight excluding hydrogens is 242 g/mol. The van der Waals surface area contributed by atoms with E-state index in [2.05, 4.69) is 24.1 Å². The van der Waals surface area contributed by atoms with Gasteiger partial charge in [0.2, 0.25) is 5.91 Å². The molecule has 5 nitrogen and oxygen atoms in total. The van der Waals surface area contributed by atoms with E-state index < -0.39 is 0 Å². The molecule has 2 rings (SSSR count). The van der Waals surface area contributed by atoms with Gasteiger partial charge in [-0.25, -0.2) is 0 Å². The van der Waals surface area contributed by atoms with Crippen molar-refractivity contribution in [2.24, 2.45) is 5.73 Å². The molecule has 110 valence electrons. The Morgan fingerprint density at radius 1 is 1.53 bits per heavy atom. The molecule has 0 aromatic rings. The van der Waals surface area contributed by atoms with Gasteiger partial charge in [0.05, 0.1) is 12.7 Å². The predicted octanol–water partition coefficient (Wildman–Crippen LogP) is 0.482. The van der Waals surface area contributed by atoms with Crippen molar-refractivity contribution in [3.05, 3.63) is 0 Å². The van der Waals surface area contributed by atoms with Crippen molar-refractivity contribution in [2.75, 3.05) is 19.7 Å². The molecule has 19 heavy (non-hydrogen) atoms. The number of carbonyl (C=O) groups is 1. The van der Waals surface area contributed by atoms with Gasteiger partial charge in [-0.15, -0.1) is 0 Å². The Labute approximate surface area is 115 Å². The zero-order chi connectivity index (χ0) is 13.8. The summed E-state index contributed by atoms with van der Waals surface area (Å²) >= 11 is 0. The van der Waals surface area contributed by atoms with Crippen LogP contribution in [0.15, 0.2) is 0 Å². The molecular formula is C14H27N3O2. The minimum absolute atomic E-state index is 0.134. The third-order valence-corrected chi connectivity index (χ3v) is 4.09. The third kappa shape index (κ3) is 4.16. The summed E-state index contributed by atoms with van der Waals surface area (Å²) in [7, 11) is 0. The van der Waals surface area contributed by atoms with Crippen LogP contribution in [0, 0.1) is 0 Å². The molecule has 0 radical (unpaired) electrons. The Kier molecular flexibility index (Phi) is 5.19. The molecule has 1 aliphatic carbocycles. The van der Waals surface area contributed by atoms with E-state index in [0.717, 1.165) is 32.4 Å². The van der Waals surface area contributed by atoms with E-state index in [-0.39, 0.29) is 18.1 Å². The second-order valence-corrected chi connectivity index (χ2v) is 5.84. The highest BCUT2D eigenvalue weighted by molar-refractivity contribution is 5.77. The number of hydrogen-bond donors (Lipinski definition) is 2. The highest BCUT2D eigenvalue weighted by atomic mass is 16.5. The molecule has 1 amide bonds. The van der Waals surface area contributed by atoms with E-state index in [1.54, 1.807) is 0 Å². The third-order valence-electron chi connectivity index (χ3n) is 4.09. The van der Waals surface area contributed by atoms with Gasteiger partial charge in [-0.3, -0.25) is 9.69 Å². The van der Waals surface area contributed by atoms with Gasteiger partial charge >= 0.3 is 0 Å². The zero-order valence-corrected chi connectivity index (χ0v) is 12.1. The lowest BCUT2D eigenvalue weighted by Gasteiger charge is -2.42. The van der Waals surface area contributed by atoms with Crippen LogP contribution in [-0.2, 0) is 9.53 Å². The SMILES string of the molecule is CCC1COC(C)CN1C(CN)CC(=O)NC1CC1. The van der Waals surface area contributed by atoms with Crippen LogP contribution in [0.2, 0.25) is 0 Å². The molecule has 3 atom stereocenters. The van der Waals surface area contributed by atoms with Crippen molar-refractivity contribution in [2.45, 2.75) is 63.8 Å². The second-order valence-electron chi connectivity index (χ2n) is 5.84. The summed E-state index contributed by atoms with van der Waals surface area (Å²) in [5.41, 5.74) is 5.90. The topological polar surface area (TPSA) is 67.6 Å². The van der Waals surface area contributed by atoms with Crippen LogP contribution in [0.4, 0.5) is 0 Å². The first-order valence-electron chi connectivity index (χ1n) is 7.50. The lowest BCUT2D eigenvalue weighted by atomic mass is 10.0. The highest BCUT2D eigenvalue weighted by Gasteiger charge is 2.32. The normalized spacial score (nSPS) is 30.1. The monoisotopic (exact) mass is 269 g/mol. The Hall–Kier alpha value is -0.650. The summed E-state index contributed by atoms with van der Waals surface area (Å²) < 4.78 is 5.70. The summed E-state index contributed by atoms with van der Waals surface area (Å²) in [6, 6.07) is 0.949.